The molecule has 1 aliphatic heterocycles. The molecule has 0 radical (unpaired) electrons. The first-order valence-corrected chi connectivity index (χ1v) is 8.35. The van der Waals surface area contributed by atoms with E-state index in [0.29, 0.717) is 32.4 Å². The monoisotopic (exact) mass is 261 g/mol. The Hall–Kier alpha value is -0.130. The summed E-state index contributed by atoms with van der Waals surface area (Å²) in [6.45, 7) is 1.06. The first kappa shape index (κ1) is 13.3. The second kappa shape index (κ2) is 5.24. The quantitative estimate of drug-likeness (QED) is 0.826. The highest BCUT2D eigenvalue weighted by molar-refractivity contribution is 7.92. The fourth-order valence-electron chi connectivity index (χ4n) is 3.11. The first-order valence-electron chi connectivity index (χ1n) is 6.64. The van der Waals surface area contributed by atoms with E-state index in [9.17, 15) is 8.42 Å². The molecule has 0 aromatic heterocycles. The summed E-state index contributed by atoms with van der Waals surface area (Å²) in [5.74, 6) is 0.240. The molecule has 4 nitrogen and oxygen atoms in total. The Balaban J connectivity index is 2.01. The molecule has 1 aliphatic carbocycles. The summed E-state index contributed by atoms with van der Waals surface area (Å²) in [4.78, 5) is 0. The molecule has 1 atom stereocenters. The Morgan fingerprint density at radius 3 is 2.65 bits per heavy atom. The summed E-state index contributed by atoms with van der Waals surface area (Å²) in [5, 5.41) is -0.194. The van der Waals surface area contributed by atoms with E-state index in [1.54, 1.807) is 0 Å². The average molecular weight is 261 g/mol. The van der Waals surface area contributed by atoms with Crippen molar-refractivity contribution >= 4 is 9.84 Å². The van der Waals surface area contributed by atoms with Gasteiger partial charge in [-0.3, -0.25) is 0 Å². The minimum Gasteiger partial charge on any atom is -0.375 e. The topological polar surface area (TPSA) is 69.4 Å². The molecule has 1 unspecified atom stereocenters. The Bertz CT molecular complexity index is 347. The van der Waals surface area contributed by atoms with Crippen molar-refractivity contribution in [1.29, 1.82) is 0 Å². The maximum atomic E-state index is 12.2. The van der Waals surface area contributed by atoms with Crippen LogP contribution in [0.1, 0.15) is 44.9 Å². The summed E-state index contributed by atoms with van der Waals surface area (Å²) >= 11 is 0. The fraction of sp³-hybridized carbons (Fsp3) is 1.00. The summed E-state index contributed by atoms with van der Waals surface area (Å²) in [6, 6.07) is 0. The molecule has 17 heavy (non-hydrogen) atoms. The van der Waals surface area contributed by atoms with Crippen molar-refractivity contribution in [2.75, 3.05) is 18.9 Å². The van der Waals surface area contributed by atoms with Gasteiger partial charge < -0.3 is 10.5 Å². The lowest BCUT2D eigenvalue weighted by atomic mass is 9.92. The molecule has 2 rings (SSSR count). The molecule has 0 amide bonds. The van der Waals surface area contributed by atoms with E-state index < -0.39 is 9.84 Å². The van der Waals surface area contributed by atoms with E-state index in [1.807, 2.05) is 0 Å². The van der Waals surface area contributed by atoms with Crippen LogP contribution < -0.4 is 5.73 Å². The first-order chi connectivity index (χ1) is 8.08. The molecule has 1 saturated carbocycles. The summed E-state index contributed by atoms with van der Waals surface area (Å²) in [6.07, 6.45) is 6.37. The van der Waals surface area contributed by atoms with Crippen molar-refractivity contribution in [3.05, 3.63) is 0 Å². The van der Waals surface area contributed by atoms with Gasteiger partial charge in [-0.1, -0.05) is 12.8 Å². The van der Waals surface area contributed by atoms with Crippen LogP contribution >= 0.6 is 0 Å². The zero-order chi connectivity index (χ0) is 12.4. The Morgan fingerprint density at radius 2 is 2.00 bits per heavy atom. The normalized spacial score (nSPS) is 28.6. The lowest BCUT2D eigenvalue weighted by Gasteiger charge is -2.38. The molecule has 0 aromatic carbocycles. The molecule has 1 heterocycles. The zero-order valence-electron chi connectivity index (χ0n) is 10.4. The van der Waals surface area contributed by atoms with Crippen molar-refractivity contribution in [1.82, 2.24) is 0 Å². The number of nitrogens with two attached hydrogens (primary N) is 1. The summed E-state index contributed by atoms with van der Waals surface area (Å²) in [5.41, 5.74) is 5.28. The van der Waals surface area contributed by atoms with Gasteiger partial charge in [0, 0.05) is 6.61 Å². The van der Waals surface area contributed by atoms with E-state index in [2.05, 4.69) is 0 Å². The molecule has 100 valence electrons. The maximum absolute atomic E-state index is 12.2. The molecule has 2 fully saturated rings. The summed E-state index contributed by atoms with van der Waals surface area (Å²) < 4.78 is 30.2. The number of sulfone groups is 1. The molecule has 1 spiro atoms. The van der Waals surface area contributed by atoms with E-state index in [4.69, 9.17) is 10.5 Å². The smallest absolute Gasteiger partial charge is 0.153 e. The highest BCUT2D eigenvalue weighted by Gasteiger charge is 2.43. The van der Waals surface area contributed by atoms with E-state index in [0.717, 1.165) is 12.8 Å². The van der Waals surface area contributed by atoms with Crippen LogP contribution in [0.15, 0.2) is 0 Å². The Labute approximate surface area is 104 Å². The van der Waals surface area contributed by atoms with Crippen LogP contribution in [0.5, 0.6) is 0 Å². The molecule has 2 N–H and O–H groups in total. The highest BCUT2D eigenvalue weighted by Crippen LogP contribution is 2.41. The number of rotatable bonds is 4. The van der Waals surface area contributed by atoms with Crippen LogP contribution in [0.3, 0.4) is 0 Å². The Kier molecular flexibility index (Phi) is 4.10. The number of hydrogen-bond donors (Lipinski definition) is 1. The fourth-order valence-corrected chi connectivity index (χ4v) is 5.02. The number of hydrogen-bond acceptors (Lipinski definition) is 4. The number of ether oxygens (including phenoxy) is 1. The minimum atomic E-state index is -2.97. The third-order valence-corrected chi connectivity index (χ3v) is 6.38. The van der Waals surface area contributed by atoms with Crippen molar-refractivity contribution in [3.8, 4) is 0 Å². The van der Waals surface area contributed by atoms with Crippen LogP contribution in [0.4, 0.5) is 0 Å². The predicted octanol–water partition coefficient (Wildman–Crippen LogP) is 1.24. The SMILES string of the molecule is NCCCS(=O)(=O)C1CCOC2(CCCC2)C1. The second-order valence-corrected chi connectivity index (χ2v) is 7.76. The standard InChI is InChI=1S/C12H23NO3S/c13-7-3-9-17(14,15)11-4-8-16-12(10-11)5-1-2-6-12/h11H,1-10,13H2. The molecule has 2 aliphatic rings. The molecule has 0 bridgehead atoms. The van der Waals surface area contributed by atoms with Crippen LogP contribution in [0.25, 0.3) is 0 Å². The Morgan fingerprint density at radius 1 is 1.29 bits per heavy atom. The average Bonchev–Trinajstić information content (AvgIpc) is 2.75. The van der Waals surface area contributed by atoms with Gasteiger partial charge in [0.25, 0.3) is 0 Å². The van der Waals surface area contributed by atoms with Gasteiger partial charge in [-0.2, -0.15) is 0 Å². The highest BCUT2D eigenvalue weighted by atomic mass is 32.2. The third-order valence-electron chi connectivity index (χ3n) is 4.10. The molecular formula is C12H23NO3S. The van der Waals surface area contributed by atoms with Gasteiger partial charge in [-0.05, 0) is 38.6 Å². The van der Waals surface area contributed by atoms with Gasteiger partial charge in [-0.25, -0.2) is 8.42 Å². The van der Waals surface area contributed by atoms with E-state index in [1.165, 1.54) is 12.8 Å². The molecular weight excluding hydrogens is 238 g/mol. The molecule has 5 heteroatoms. The third kappa shape index (κ3) is 3.01. The lowest BCUT2D eigenvalue weighted by Crippen LogP contribution is -2.43. The van der Waals surface area contributed by atoms with E-state index in [-0.39, 0.29) is 16.6 Å². The lowest BCUT2D eigenvalue weighted by molar-refractivity contribution is -0.0713. The van der Waals surface area contributed by atoms with Crippen molar-refractivity contribution < 1.29 is 13.2 Å². The maximum Gasteiger partial charge on any atom is 0.153 e. The van der Waals surface area contributed by atoms with Crippen molar-refractivity contribution in [2.24, 2.45) is 5.73 Å². The van der Waals surface area contributed by atoms with Gasteiger partial charge in [0.1, 0.15) is 0 Å². The van der Waals surface area contributed by atoms with Crippen LogP contribution in [0, 0.1) is 0 Å². The second-order valence-electron chi connectivity index (χ2n) is 5.36. The largest absolute Gasteiger partial charge is 0.375 e. The van der Waals surface area contributed by atoms with Gasteiger partial charge in [0.05, 0.1) is 16.6 Å². The predicted molar refractivity (Wildman–Crippen MR) is 67.6 cm³/mol. The van der Waals surface area contributed by atoms with Gasteiger partial charge in [-0.15, -0.1) is 0 Å². The van der Waals surface area contributed by atoms with Crippen LogP contribution in [0.2, 0.25) is 0 Å². The van der Waals surface area contributed by atoms with E-state index >= 15 is 0 Å². The minimum absolute atomic E-state index is 0.112. The van der Waals surface area contributed by atoms with Crippen LogP contribution in [-0.2, 0) is 14.6 Å². The summed E-state index contributed by atoms with van der Waals surface area (Å²) in [7, 11) is -2.97. The van der Waals surface area contributed by atoms with Gasteiger partial charge >= 0.3 is 0 Å². The molecule has 1 saturated heterocycles. The van der Waals surface area contributed by atoms with Gasteiger partial charge in [0.2, 0.25) is 0 Å². The van der Waals surface area contributed by atoms with Crippen molar-refractivity contribution in [2.45, 2.75) is 55.8 Å². The van der Waals surface area contributed by atoms with Gasteiger partial charge in [0.15, 0.2) is 9.84 Å². The van der Waals surface area contributed by atoms with Crippen LogP contribution in [-0.4, -0.2) is 38.2 Å². The molecule has 0 aromatic rings. The zero-order valence-corrected chi connectivity index (χ0v) is 11.2. The van der Waals surface area contributed by atoms with Crippen molar-refractivity contribution in [3.63, 3.8) is 0 Å².